The summed E-state index contributed by atoms with van der Waals surface area (Å²) >= 11 is 0. The molecular formula is C33H26N4O2. The van der Waals surface area contributed by atoms with Gasteiger partial charge in [-0.2, -0.15) is 10.4 Å². The second-order valence-corrected chi connectivity index (χ2v) is 9.01. The quantitative estimate of drug-likeness (QED) is 0.181. The van der Waals surface area contributed by atoms with Crippen molar-refractivity contribution < 1.29 is 9.53 Å². The molecular weight excluding hydrogens is 484 g/mol. The third-order valence-corrected chi connectivity index (χ3v) is 6.09. The van der Waals surface area contributed by atoms with Gasteiger partial charge in [0.05, 0.1) is 5.69 Å². The summed E-state index contributed by atoms with van der Waals surface area (Å²) in [5.74, 6) is 0.206. The molecule has 39 heavy (non-hydrogen) atoms. The zero-order valence-electron chi connectivity index (χ0n) is 21.4. The summed E-state index contributed by atoms with van der Waals surface area (Å²) in [6, 6.07) is 36.7. The molecule has 0 aliphatic heterocycles. The molecule has 0 aliphatic carbocycles. The molecule has 0 spiro atoms. The molecule has 0 atom stereocenters. The number of benzene rings is 4. The Bertz CT molecular complexity index is 1650. The maximum Gasteiger partial charge on any atom is 0.266 e. The van der Waals surface area contributed by atoms with Crippen molar-refractivity contribution in [3.63, 3.8) is 0 Å². The maximum absolute atomic E-state index is 13.0. The number of ether oxygens (including phenoxy) is 1. The van der Waals surface area contributed by atoms with E-state index in [9.17, 15) is 10.1 Å². The van der Waals surface area contributed by atoms with Gasteiger partial charge in [0.15, 0.2) is 0 Å². The topological polar surface area (TPSA) is 79.9 Å². The number of para-hydroxylation sites is 1. The second-order valence-electron chi connectivity index (χ2n) is 9.01. The van der Waals surface area contributed by atoms with Crippen LogP contribution in [-0.4, -0.2) is 15.7 Å². The van der Waals surface area contributed by atoms with Crippen LogP contribution in [0.25, 0.3) is 23.0 Å². The molecule has 5 aromatic rings. The summed E-state index contributed by atoms with van der Waals surface area (Å²) in [4.78, 5) is 13.0. The minimum absolute atomic E-state index is 0.0269. The lowest BCUT2D eigenvalue weighted by Crippen LogP contribution is -2.13. The van der Waals surface area contributed by atoms with Crippen molar-refractivity contribution in [1.82, 2.24) is 9.78 Å². The minimum Gasteiger partial charge on any atom is -0.489 e. The standard InChI is InChI=1S/C33H26N4O2/c1-24-15-17-29(18-16-24)35-33(38)27(21-34)19-28-22-37(30-12-6-3-7-13-30)36-32(28)26-11-8-14-31(20-26)39-23-25-9-4-2-5-10-25/h2-20,22H,23H2,1H3,(H,35,38). The van der Waals surface area contributed by atoms with E-state index in [1.807, 2.05) is 128 Å². The molecule has 0 saturated carbocycles. The van der Waals surface area contributed by atoms with Crippen LogP contribution in [-0.2, 0) is 11.4 Å². The molecule has 0 aliphatic rings. The van der Waals surface area contributed by atoms with Crippen LogP contribution in [0.1, 0.15) is 16.7 Å². The highest BCUT2D eigenvalue weighted by Gasteiger charge is 2.16. The van der Waals surface area contributed by atoms with Gasteiger partial charge in [0.1, 0.15) is 29.7 Å². The van der Waals surface area contributed by atoms with E-state index in [1.54, 1.807) is 10.8 Å². The van der Waals surface area contributed by atoms with Crippen LogP contribution in [0.5, 0.6) is 5.75 Å². The number of carbonyl (C=O) groups is 1. The first-order valence-corrected chi connectivity index (χ1v) is 12.5. The molecule has 1 aromatic heterocycles. The first-order chi connectivity index (χ1) is 19.1. The van der Waals surface area contributed by atoms with Gasteiger partial charge in [-0.15, -0.1) is 0 Å². The molecule has 1 amide bonds. The molecule has 4 aromatic carbocycles. The number of hydrogen-bond acceptors (Lipinski definition) is 4. The molecule has 6 heteroatoms. The highest BCUT2D eigenvalue weighted by Crippen LogP contribution is 2.29. The van der Waals surface area contributed by atoms with Crippen molar-refractivity contribution in [2.75, 3.05) is 5.32 Å². The van der Waals surface area contributed by atoms with E-state index in [1.165, 1.54) is 0 Å². The van der Waals surface area contributed by atoms with Gasteiger partial charge in [-0.25, -0.2) is 4.68 Å². The average Bonchev–Trinajstić information content (AvgIpc) is 3.41. The van der Waals surface area contributed by atoms with Gasteiger partial charge in [-0.3, -0.25) is 4.79 Å². The van der Waals surface area contributed by atoms with Gasteiger partial charge in [0.2, 0.25) is 0 Å². The third-order valence-electron chi connectivity index (χ3n) is 6.09. The first-order valence-electron chi connectivity index (χ1n) is 12.5. The Morgan fingerprint density at radius 1 is 0.949 bits per heavy atom. The summed E-state index contributed by atoms with van der Waals surface area (Å²) < 4.78 is 7.78. The van der Waals surface area contributed by atoms with Gasteiger partial charge in [0, 0.05) is 23.0 Å². The Balaban J connectivity index is 1.49. The fourth-order valence-electron chi connectivity index (χ4n) is 4.04. The molecule has 1 heterocycles. The van der Waals surface area contributed by atoms with E-state index < -0.39 is 5.91 Å². The molecule has 0 fully saturated rings. The van der Waals surface area contributed by atoms with Crippen molar-refractivity contribution in [2.45, 2.75) is 13.5 Å². The fourth-order valence-corrected chi connectivity index (χ4v) is 4.04. The van der Waals surface area contributed by atoms with Crippen molar-refractivity contribution in [1.29, 1.82) is 5.26 Å². The number of nitriles is 1. The predicted molar refractivity (Wildman–Crippen MR) is 153 cm³/mol. The van der Waals surface area contributed by atoms with Crippen LogP contribution in [0, 0.1) is 18.3 Å². The first kappa shape index (κ1) is 25.2. The van der Waals surface area contributed by atoms with Crippen LogP contribution in [0.3, 0.4) is 0 Å². The number of amides is 1. The zero-order chi connectivity index (χ0) is 27.0. The molecule has 0 bridgehead atoms. The minimum atomic E-state index is -0.486. The monoisotopic (exact) mass is 510 g/mol. The van der Waals surface area contributed by atoms with E-state index in [2.05, 4.69) is 5.32 Å². The van der Waals surface area contributed by atoms with Crippen molar-refractivity contribution in [3.05, 3.63) is 138 Å². The van der Waals surface area contributed by atoms with Gasteiger partial charge < -0.3 is 10.1 Å². The van der Waals surface area contributed by atoms with Crippen LogP contribution in [0.4, 0.5) is 5.69 Å². The summed E-state index contributed by atoms with van der Waals surface area (Å²) in [6.07, 6.45) is 3.39. The number of carbonyl (C=O) groups excluding carboxylic acids is 1. The molecule has 6 nitrogen and oxygen atoms in total. The Morgan fingerprint density at radius 3 is 2.38 bits per heavy atom. The normalized spacial score (nSPS) is 11.0. The SMILES string of the molecule is Cc1ccc(NC(=O)C(C#N)=Cc2cn(-c3ccccc3)nc2-c2cccc(OCc3ccccc3)c2)cc1. The Hall–Kier alpha value is -5.41. The summed E-state index contributed by atoms with van der Waals surface area (Å²) in [7, 11) is 0. The van der Waals surface area contributed by atoms with Crippen molar-refractivity contribution >= 4 is 17.7 Å². The smallest absolute Gasteiger partial charge is 0.266 e. The lowest BCUT2D eigenvalue weighted by atomic mass is 10.1. The summed E-state index contributed by atoms with van der Waals surface area (Å²) in [6.45, 7) is 2.41. The largest absolute Gasteiger partial charge is 0.489 e. The van der Waals surface area contributed by atoms with E-state index >= 15 is 0 Å². The maximum atomic E-state index is 13.0. The van der Waals surface area contributed by atoms with Gasteiger partial charge >= 0.3 is 0 Å². The number of nitrogens with zero attached hydrogens (tertiary/aromatic N) is 3. The second kappa shape index (κ2) is 11.8. The number of anilines is 1. The Labute approximate surface area is 227 Å². The lowest BCUT2D eigenvalue weighted by molar-refractivity contribution is -0.112. The predicted octanol–water partition coefficient (Wildman–Crippen LogP) is 6.97. The highest BCUT2D eigenvalue weighted by molar-refractivity contribution is 6.10. The van der Waals surface area contributed by atoms with E-state index in [0.29, 0.717) is 29.3 Å². The zero-order valence-corrected chi connectivity index (χ0v) is 21.4. The number of hydrogen-bond donors (Lipinski definition) is 1. The molecule has 190 valence electrons. The molecule has 5 rings (SSSR count). The van der Waals surface area contributed by atoms with Crippen molar-refractivity contribution in [3.8, 4) is 28.8 Å². The van der Waals surface area contributed by atoms with E-state index in [-0.39, 0.29) is 5.57 Å². The van der Waals surface area contributed by atoms with Crippen molar-refractivity contribution in [2.24, 2.45) is 0 Å². The number of aromatic nitrogens is 2. The number of aryl methyl sites for hydroxylation is 1. The van der Waals surface area contributed by atoms with E-state index in [0.717, 1.165) is 22.4 Å². The molecule has 0 unspecified atom stereocenters. The van der Waals surface area contributed by atoms with Crippen LogP contribution in [0.15, 0.2) is 121 Å². The molecule has 1 N–H and O–H groups in total. The van der Waals surface area contributed by atoms with E-state index in [4.69, 9.17) is 9.84 Å². The Kier molecular flexibility index (Phi) is 7.61. The van der Waals surface area contributed by atoms with Gasteiger partial charge in [-0.1, -0.05) is 78.4 Å². The fraction of sp³-hybridized carbons (Fsp3) is 0.0606. The van der Waals surface area contributed by atoms with Crippen LogP contribution in [0.2, 0.25) is 0 Å². The van der Waals surface area contributed by atoms with Gasteiger partial charge in [-0.05, 0) is 55.0 Å². The van der Waals surface area contributed by atoms with Crippen LogP contribution >= 0.6 is 0 Å². The van der Waals surface area contributed by atoms with Crippen LogP contribution < -0.4 is 10.1 Å². The summed E-state index contributed by atoms with van der Waals surface area (Å²) in [5.41, 5.74) is 5.66. The number of rotatable bonds is 8. The highest BCUT2D eigenvalue weighted by atomic mass is 16.5. The molecule has 0 saturated heterocycles. The van der Waals surface area contributed by atoms with Gasteiger partial charge in [0.25, 0.3) is 5.91 Å². The average molecular weight is 511 g/mol. The summed E-state index contributed by atoms with van der Waals surface area (Å²) in [5, 5.41) is 17.5. The lowest BCUT2D eigenvalue weighted by Gasteiger charge is -2.08. The Morgan fingerprint density at radius 2 is 1.67 bits per heavy atom. The number of nitrogens with one attached hydrogen (secondary N) is 1. The third kappa shape index (κ3) is 6.30. The molecule has 0 radical (unpaired) electrons.